The predicted octanol–water partition coefficient (Wildman–Crippen LogP) is 0.361. The Labute approximate surface area is 96.8 Å². The summed E-state index contributed by atoms with van der Waals surface area (Å²) in [6.07, 6.45) is 5.76. The predicted molar refractivity (Wildman–Crippen MR) is 62.2 cm³/mol. The molecule has 0 spiro atoms. The molecule has 0 aliphatic heterocycles. The maximum atomic E-state index is 11.6. The normalized spacial score (nSPS) is 18.3. The molecule has 5 nitrogen and oxygen atoms in total. The smallest absolute Gasteiger partial charge is 0.223 e. The number of carbonyl (C=O) groups is 1. The highest BCUT2D eigenvalue weighted by atomic mass is 32.2. The number of sulfonamides is 1. The molecule has 1 amide bonds. The van der Waals surface area contributed by atoms with E-state index in [0.717, 1.165) is 25.7 Å². The fourth-order valence-corrected chi connectivity index (χ4v) is 2.54. The molecule has 16 heavy (non-hydrogen) atoms. The van der Waals surface area contributed by atoms with Crippen molar-refractivity contribution in [1.29, 1.82) is 0 Å². The third-order valence-electron chi connectivity index (χ3n) is 2.88. The van der Waals surface area contributed by atoms with Crippen LogP contribution in [0.25, 0.3) is 0 Å². The summed E-state index contributed by atoms with van der Waals surface area (Å²) in [5.74, 6) is 0.121. The van der Waals surface area contributed by atoms with Gasteiger partial charge in [-0.3, -0.25) is 4.79 Å². The molecule has 1 fully saturated rings. The van der Waals surface area contributed by atoms with Crippen molar-refractivity contribution in [1.82, 2.24) is 5.32 Å². The molecule has 6 heteroatoms. The molecule has 0 aromatic carbocycles. The second-order valence-electron chi connectivity index (χ2n) is 4.35. The van der Waals surface area contributed by atoms with E-state index in [0.29, 0.717) is 13.0 Å². The van der Waals surface area contributed by atoms with E-state index in [1.807, 2.05) is 0 Å². The van der Waals surface area contributed by atoms with Crippen LogP contribution < -0.4 is 10.5 Å². The topological polar surface area (TPSA) is 89.3 Å². The van der Waals surface area contributed by atoms with Crippen LogP contribution in [0.3, 0.4) is 0 Å². The van der Waals surface area contributed by atoms with E-state index in [9.17, 15) is 13.2 Å². The van der Waals surface area contributed by atoms with Crippen molar-refractivity contribution in [2.45, 2.75) is 38.5 Å². The zero-order chi connectivity index (χ0) is 12.0. The monoisotopic (exact) mass is 248 g/mol. The number of amides is 1. The van der Waals surface area contributed by atoms with Crippen LogP contribution in [0.5, 0.6) is 0 Å². The lowest BCUT2D eigenvalue weighted by atomic mass is 9.89. The maximum Gasteiger partial charge on any atom is 0.223 e. The molecule has 0 saturated heterocycles. The van der Waals surface area contributed by atoms with Crippen LogP contribution in [-0.2, 0) is 14.8 Å². The van der Waals surface area contributed by atoms with E-state index in [1.54, 1.807) is 0 Å². The zero-order valence-corrected chi connectivity index (χ0v) is 10.3. The molecule has 0 radical (unpaired) electrons. The summed E-state index contributed by atoms with van der Waals surface area (Å²) in [4.78, 5) is 11.6. The molecule has 94 valence electrons. The standard InChI is InChI=1S/C10H20N2O3S/c11-16(14,15)8-4-7-12-10(13)9-5-2-1-3-6-9/h9H,1-8H2,(H,12,13)(H2,11,14,15). The van der Waals surface area contributed by atoms with E-state index in [4.69, 9.17) is 5.14 Å². The largest absolute Gasteiger partial charge is 0.356 e. The van der Waals surface area contributed by atoms with Crippen molar-refractivity contribution >= 4 is 15.9 Å². The number of carbonyl (C=O) groups excluding carboxylic acids is 1. The molecule has 1 rings (SSSR count). The molecule has 0 bridgehead atoms. The van der Waals surface area contributed by atoms with Gasteiger partial charge in [0.2, 0.25) is 15.9 Å². The fraction of sp³-hybridized carbons (Fsp3) is 0.900. The van der Waals surface area contributed by atoms with Gasteiger partial charge in [0.15, 0.2) is 0 Å². The van der Waals surface area contributed by atoms with Crippen LogP contribution in [-0.4, -0.2) is 26.6 Å². The molecule has 0 unspecified atom stereocenters. The Hall–Kier alpha value is -0.620. The van der Waals surface area contributed by atoms with Crippen molar-refractivity contribution in [2.24, 2.45) is 11.1 Å². The van der Waals surface area contributed by atoms with Crippen LogP contribution in [0.1, 0.15) is 38.5 Å². The summed E-state index contributed by atoms with van der Waals surface area (Å²) in [6, 6.07) is 0. The highest BCUT2D eigenvalue weighted by Crippen LogP contribution is 2.23. The van der Waals surface area contributed by atoms with Crippen molar-refractivity contribution in [3.63, 3.8) is 0 Å². The van der Waals surface area contributed by atoms with E-state index in [1.165, 1.54) is 6.42 Å². The molecule has 3 N–H and O–H groups in total. The van der Waals surface area contributed by atoms with Crippen LogP contribution >= 0.6 is 0 Å². The van der Waals surface area contributed by atoms with Crippen LogP contribution in [0.2, 0.25) is 0 Å². The van der Waals surface area contributed by atoms with Gasteiger partial charge in [-0.1, -0.05) is 19.3 Å². The molecule has 1 aliphatic carbocycles. The molecule has 1 saturated carbocycles. The van der Waals surface area contributed by atoms with Gasteiger partial charge in [-0.2, -0.15) is 0 Å². The third-order valence-corrected chi connectivity index (χ3v) is 3.74. The Balaban J connectivity index is 2.14. The number of hydrogen-bond donors (Lipinski definition) is 2. The number of nitrogens with two attached hydrogens (primary N) is 1. The summed E-state index contributed by atoms with van der Waals surface area (Å²) < 4.78 is 21.3. The Kier molecular flexibility index (Phi) is 5.21. The molecule has 1 aliphatic rings. The lowest BCUT2D eigenvalue weighted by Gasteiger charge is -2.20. The van der Waals surface area contributed by atoms with Gasteiger partial charge >= 0.3 is 0 Å². The summed E-state index contributed by atoms with van der Waals surface area (Å²) in [7, 11) is -3.40. The number of primary sulfonamides is 1. The molecule has 0 heterocycles. The Bertz CT molecular complexity index is 321. The van der Waals surface area contributed by atoms with Gasteiger partial charge in [-0.25, -0.2) is 13.6 Å². The average molecular weight is 248 g/mol. The molecular formula is C10H20N2O3S. The number of nitrogens with one attached hydrogen (secondary N) is 1. The Morgan fingerprint density at radius 1 is 1.25 bits per heavy atom. The first-order valence-corrected chi connectivity index (χ1v) is 7.49. The summed E-state index contributed by atoms with van der Waals surface area (Å²) in [5, 5.41) is 7.62. The molecule has 0 aromatic rings. The SMILES string of the molecule is NS(=O)(=O)CCCNC(=O)C1CCCCC1. The van der Waals surface area contributed by atoms with E-state index in [-0.39, 0.29) is 17.6 Å². The molecule has 0 atom stereocenters. The second-order valence-corrected chi connectivity index (χ2v) is 6.08. The lowest BCUT2D eigenvalue weighted by molar-refractivity contribution is -0.125. The summed E-state index contributed by atoms with van der Waals surface area (Å²) in [6.45, 7) is 0.395. The van der Waals surface area contributed by atoms with Gasteiger partial charge in [0.25, 0.3) is 0 Å². The van der Waals surface area contributed by atoms with Gasteiger partial charge in [0, 0.05) is 12.5 Å². The van der Waals surface area contributed by atoms with Crippen LogP contribution in [0.15, 0.2) is 0 Å². The maximum absolute atomic E-state index is 11.6. The number of rotatable bonds is 5. The Morgan fingerprint density at radius 3 is 2.44 bits per heavy atom. The first-order chi connectivity index (χ1) is 7.49. The lowest BCUT2D eigenvalue weighted by Crippen LogP contribution is -2.33. The quantitative estimate of drug-likeness (QED) is 0.688. The molecule has 0 aromatic heterocycles. The molecular weight excluding hydrogens is 228 g/mol. The van der Waals surface area contributed by atoms with Crippen molar-refractivity contribution in [3.05, 3.63) is 0 Å². The van der Waals surface area contributed by atoms with Crippen molar-refractivity contribution in [3.8, 4) is 0 Å². The van der Waals surface area contributed by atoms with E-state index >= 15 is 0 Å². The average Bonchev–Trinajstić information content (AvgIpc) is 2.24. The summed E-state index contributed by atoms with van der Waals surface area (Å²) in [5.41, 5.74) is 0. The van der Waals surface area contributed by atoms with Crippen LogP contribution in [0.4, 0.5) is 0 Å². The minimum Gasteiger partial charge on any atom is -0.356 e. The fourth-order valence-electron chi connectivity index (χ4n) is 1.99. The minimum atomic E-state index is -3.40. The van der Waals surface area contributed by atoms with Gasteiger partial charge < -0.3 is 5.32 Å². The van der Waals surface area contributed by atoms with Crippen molar-refractivity contribution in [2.75, 3.05) is 12.3 Å². The zero-order valence-electron chi connectivity index (χ0n) is 9.44. The highest BCUT2D eigenvalue weighted by molar-refractivity contribution is 7.89. The first-order valence-electron chi connectivity index (χ1n) is 5.77. The summed E-state index contributed by atoms with van der Waals surface area (Å²) >= 11 is 0. The highest BCUT2D eigenvalue weighted by Gasteiger charge is 2.20. The van der Waals surface area contributed by atoms with Crippen molar-refractivity contribution < 1.29 is 13.2 Å². The number of hydrogen-bond acceptors (Lipinski definition) is 3. The Morgan fingerprint density at radius 2 is 1.88 bits per heavy atom. The van der Waals surface area contributed by atoms with Gasteiger partial charge in [-0.15, -0.1) is 0 Å². The van der Waals surface area contributed by atoms with Crippen LogP contribution in [0, 0.1) is 5.92 Å². The van der Waals surface area contributed by atoms with Gasteiger partial charge in [0.1, 0.15) is 0 Å². The third kappa shape index (κ3) is 5.46. The van der Waals surface area contributed by atoms with Gasteiger partial charge in [0.05, 0.1) is 5.75 Å². The second kappa shape index (κ2) is 6.20. The van der Waals surface area contributed by atoms with Gasteiger partial charge in [-0.05, 0) is 19.3 Å². The van der Waals surface area contributed by atoms with E-state index < -0.39 is 10.0 Å². The van der Waals surface area contributed by atoms with E-state index in [2.05, 4.69) is 5.32 Å². The minimum absolute atomic E-state index is 0.0640. The first kappa shape index (κ1) is 13.4.